The Labute approximate surface area is 248 Å². The molecule has 3 fully saturated rings. The third-order valence-electron chi connectivity index (χ3n) is 10.6. The van der Waals surface area contributed by atoms with Gasteiger partial charge in [-0.2, -0.15) is 8.42 Å². The van der Waals surface area contributed by atoms with E-state index in [1.807, 2.05) is 0 Å². The minimum Gasteiger partial charge on any atom is -0.413 e. The van der Waals surface area contributed by atoms with Crippen LogP contribution < -0.4 is 0 Å². The third-order valence-corrected chi connectivity index (χ3v) is 20.3. The van der Waals surface area contributed by atoms with Crippen LogP contribution in [0.3, 0.4) is 0 Å². The highest BCUT2D eigenvalue weighted by Gasteiger charge is 2.71. The molecule has 3 unspecified atom stereocenters. The van der Waals surface area contributed by atoms with E-state index < -0.39 is 32.4 Å². The highest BCUT2D eigenvalue weighted by atomic mass is 32.2. The quantitative estimate of drug-likeness (QED) is 0.0960. The fourth-order valence-electron chi connectivity index (χ4n) is 6.66. The molecule has 2 saturated carbocycles. The van der Waals surface area contributed by atoms with Gasteiger partial charge in [0, 0.05) is 5.92 Å². The van der Waals surface area contributed by atoms with Crippen molar-refractivity contribution in [3.8, 4) is 0 Å². The first-order valence-corrected chi connectivity index (χ1v) is 23.0. The maximum atomic E-state index is 11.7. The molecular weight excluding hydrogens is 557 g/mol. The zero-order valence-corrected chi connectivity index (χ0v) is 30.8. The number of fused-ring (bicyclic) bond motifs is 3. The molecule has 1 saturated heterocycles. The average molecular weight is 617 g/mol. The summed E-state index contributed by atoms with van der Waals surface area (Å²) < 4.78 is 49.0. The molecule has 3 aliphatic rings. The van der Waals surface area contributed by atoms with Crippen LogP contribution in [0.2, 0.25) is 36.3 Å². The van der Waals surface area contributed by atoms with Crippen LogP contribution >= 0.6 is 0 Å². The van der Waals surface area contributed by atoms with Gasteiger partial charge in [-0.05, 0) is 86.6 Å². The maximum Gasteiger partial charge on any atom is 0.264 e. The van der Waals surface area contributed by atoms with Gasteiger partial charge in [0.2, 0.25) is 0 Å². The van der Waals surface area contributed by atoms with Crippen molar-refractivity contribution in [1.29, 1.82) is 0 Å². The van der Waals surface area contributed by atoms with E-state index >= 15 is 0 Å². The van der Waals surface area contributed by atoms with Gasteiger partial charge in [-0.1, -0.05) is 67.5 Å². The van der Waals surface area contributed by atoms with Gasteiger partial charge in [-0.25, -0.2) is 0 Å². The number of hydrogen-bond acceptors (Lipinski definition) is 6. The van der Waals surface area contributed by atoms with Crippen LogP contribution in [0.15, 0.2) is 12.2 Å². The first kappa shape index (κ1) is 34.5. The minimum absolute atomic E-state index is 0.0660. The van der Waals surface area contributed by atoms with E-state index in [-0.39, 0.29) is 40.4 Å². The van der Waals surface area contributed by atoms with Gasteiger partial charge in [0.25, 0.3) is 10.1 Å². The normalized spacial score (nSPS) is 32.9. The SMILES string of the molecule is CC(C)CC(C)(C/C=C/[C@H]1[C@H]2CC3(COS(C)(=O)=O)OC3[C@H]2C[C@H]1O[Si](C)(C)C(C)(C)C)O[Si](C)(C)C(C)(C)C. The number of ether oxygens (including phenoxy) is 1. The molecular formula is C31H60O6SSi2. The van der Waals surface area contributed by atoms with Crippen molar-refractivity contribution in [3.05, 3.63) is 12.2 Å². The van der Waals surface area contributed by atoms with Gasteiger partial charge in [0.1, 0.15) is 5.60 Å². The van der Waals surface area contributed by atoms with Crippen LogP contribution in [0.25, 0.3) is 0 Å². The van der Waals surface area contributed by atoms with Crippen molar-refractivity contribution in [2.75, 3.05) is 12.9 Å². The molecule has 234 valence electrons. The second-order valence-electron chi connectivity index (χ2n) is 16.9. The summed E-state index contributed by atoms with van der Waals surface area (Å²) in [5.41, 5.74) is -0.670. The second-order valence-corrected chi connectivity index (χ2v) is 28.0. The summed E-state index contributed by atoms with van der Waals surface area (Å²) in [5, 5.41) is 0.290. The lowest BCUT2D eigenvalue weighted by Crippen LogP contribution is -2.49. The van der Waals surface area contributed by atoms with E-state index in [4.69, 9.17) is 17.8 Å². The third kappa shape index (κ3) is 7.72. The highest BCUT2D eigenvalue weighted by Crippen LogP contribution is 2.64. The van der Waals surface area contributed by atoms with Gasteiger partial charge >= 0.3 is 0 Å². The summed E-state index contributed by atoms with van der Waals surface area (Å²) in [6.07, 6.45) is 9.81. The largest absolute Gasteiger partial charge is 0.413 e. The van der Waals surface area contributed by atoms with Crippen LogP contribution in [-0.2, 0) is 27.9 Å². The fourth-order valence-corrected chi connectivity index (χ4v) is 10.1. The Morgan fingerprint density at radius 3 is 2.05 bits per heavy atom. The molecule has 9 heteroatoms. The summed E-state index contributed by atoms with van der Waals surface area (Å²) in [5.74, 6) is 1.60. The van der Waals surface area contributed by atoms with Crippen LogP contribution in [0.5, 0.6) is 0 Å². The Balaban J connectivity index is 1.84. The Morgan fingerprint density at radius 1 is 0.975 bits per heavy atom. The summed E-state index contributed by atoms with van der Waals surface area (Å²) in [6.45, 7) is 30.2. The zero-order valence-electron chi connectivity index (χ0n) is 28.0. The number of epoxide rings is 1. The smallest absolute Gasteiger partial charge is 0.264 e. The van der Waals surface area contributed by atoms with Gasteiger partial charge in [-0.15, -0.1) is 0 Å². The Bertz CT molecular complexity index is 1040. The molecule has 2 aliphatic carbocycles. The molecule has 0 bridgehead atoms. The van der Waals surface area contributed by atoms with Crippen LogP contribution in [0, 0.1) is 23.7 Å². The van der Waals surface area contributed by atoms with Crippen molar-refractivity contribution < 1.29 is 26.2 Å². The van der Waals surface area contributed by atoms with E-state index in [9.17, 15) is 8.42 Å². The van der Waals surface area contributed by atoms with E-state index in [1.165, 1.54) is 0 Å². The predicted octanol–water partition coefficient (Wildman–Crippen LogP) is 7.92. The molecule has 0 spiro atoms. The van der Waals surface area contributed by atoms with Gasteiger partial charge in [0.05, 0.1) is 30.7 Å². The molecule has 0 N–H and O–H groups in total. The van der Waals surface area contributed by atoms with Crippen molar-refractivity contribution >= 4 is 26.8 Å². The molecule has 0 aromatic heterocycles. The van der Waals surface area contributed by atoms with Crippen molar-refractivity contribution in [3.63, 3.8) is 0 Å². The van der Waals surface area contributed by atoms with Crippen molar-refractivity contribution in [1.82, 2.24) is 0 Å². The predicted molar refractivity (Wildman–Crippen MR) is 170 cm³/mol. The lowest BCUT2D eigenvalue weighted by molar-refractivity contribution is 0.0528. The van der Waals surface area contributed by atoms with Gasteiger partial charge in [0.15, 0.2) is 16.6 Å². The van der Waals surface area contributed by atoms with E-state index in [0.717, 1.165) is 31.9 Å². The van der Waals surface area contributed by atoms with E-state index in [2.05, 4.69) is 101 Å². The lowest BCUT2D eigenvalue weighted by Gasteiger charge is -2.45. The standard InChI is InChI=1S/C31H60O6SSi2/c1-22(2)19-30(9,37-40(13,14)29(6,7)8)17-15-16-23-25-20-31(21-34-38(10,32)33)27(35-31)24(25)18-26(23)36-39(11,12)28(3,4)5/h15-16,22-27H,17-21H2,1-14H3/b16-15+/t23-,24-,25+,26+,27?,30?,31?/m0/s1. The highest BCUT2D eigenvalue weighted by molar-refractivity contribution is 7.85. The zero-order chi connectivity index (χ0) is 30.7. The van der Waals surface area contributed by atoms with Crippen LogP contribution in [0.1, 0.15) is 88.0 Å². The molecule has 7 atom stereocenters. The fraction of sp³-hybridized carbons (Fsp3) is 0.935. The summed E-state index contributed by atoms with van der Waals surface area (Å²) in [6, 6.07) is 0. The Morgan fingerprint density at radius 2 is 1.55 bits per heavy atom. The molecule has 3 rings (SSSR count). The topological polar surface area (TPSA) is 74.4 Å². The lowest BCUT2D eigenvalue weighted by atomic mass is 9.87. The number of rotatable bonds is 12. The van der Waals surface area contributed by atoms with Gasteiger partial charge < -0.3 is 13.6 Å². The molecule has 0 radical (unpaired) electrons. The summed E-state index contributed by atoms with van der Waals surface area (Å²) >= 11 is 0. The van der Waals surface area contributed by atoms with Gasteiger partial charge in [-0.3, -0.25) is 4.18 Å². The molecule has 0 amide bonds. The van der Waals surface area contributed by atoms with E-state index in [0.29, 0.717) is 17.8 Å². The van der Waals surface area contributed by atoms with Crippen LogP contribution in [-0.4, -0.2) is 61.3 Å². The summed E-state index contributed by atoms with van der Waals surface area (Å²) in [7, 11) is -7.42. The maximum absolute atomic E-state index is 11.7. The molecule has 0 aromatic rings. The van der Waals surface area contributed by atoms with Crippen LogP contribution in [0.4, 0.5) is 0 Å². The number of hydrogen-bond donors (Lipinski definition) is 0. The molecule has 40 heavy (non-hydrogen) atoms. The first-order valence-electron chi connectivity index (χ1n) is 15.4. The minimum atomic E-state index is -3.50. The molecule has 6 nitrogen and oxygen atoms in total. The average Bonchev–Trinajstić information content (AvgIpc) is 3.21. The van der Waals surface area contributed by atoms with Crippen molar-refractivity contribution in [2.45, 2.75) is 148 Å². The monoisotopic (exact) mass is 616 g/mol. The molecule has 1 heterocycles. The Hall–Kier alpha value is -0.0362. The Kier molecular flexibility index (Phi) is 9.61. The van der Waals surface area contributed by atoms with Crippen molar-refractivity contribution in [2.24, 2.45) is 23.7 Å². The molecule has 1 aliphatic heterocycles. The molecule has 0 aromatic carbocycles. The first-order chi connectivity index (χ1) is 17.8. The van der Waals surface area contributed by atoms with E-state index in [1.54, 1.807) is 0 Å². The summed E-state index contributed by atoms with van der Waals surface area (Å²) in [4.78, 5) is 0. The second kappa shape index (κ2) is 11.2.